The van der Waals surface area contributed by atoms with E-state index in [2.05, 4.69) is 14.7 Å². The van der Waals surface area contributed by atoms with Gasteiger partial charge in [-0.3, -0.25) is 14.2 Å². The quantitative estimate of drug-likeness (QED) is 0.868. The number of amides is 1. The average molecular weight is 348 g/mol. The van der Waals surface area contributed by atoms with Crippen molar-refractivity contribution in [2.75, 3.05) is 19.3 Å². The van der Waals surface area contributed by atoms with Crippen molar-refractivity contribution in [3.63, 3.8) is 0 Å². The molecule has 0 aliphatic carbocycles. The molecule has 1 N–H and O–H groups in total. The van der Waals surface area contributed by atoms with Gasteiger partial charge in [0.15, 0.2) is 0 Å². The standard InChI is InChI=1S/C16H20N4O3S/c1-10-18-14-5-4-11(8-13(14)16(22)20(10)2)15(21)19-24(3,23)12-6-7-17-9-12/h4-5,8,12,17H,6-7,9H2,1-3H3. The Balaban J connectivity index is 2.05. The topological polar surface area (TPSA) is 93.4 Å². The van der Waals surface area contributed by atoms with Crippen molar-refractivity contribution in [1.29, 1.82) is 0 Å². The molecule has 0 saturated carbocycles. The Morgan fingerprint density at radius 1 is 1.46 bits per heavy atom. The third kappa shape index (κ3) is 2.99. The number of benzene rings is 1. The van der Waals surface area contributed by atoms with Crippen molar-refractivity contribution in [3.8, 4) is 0 Å². The molecule has 1 fully saturated rings. The van der Waals surface area contributed by atoms with E-state index in [0.717, 1.165) is 13.0 Å². The van der Waals surface area contributed by atoms with Crippen LogP contribution in [0.4, 0.5) is 0 Å². The minimum absolute atomic E-state index is 0.126. The third-order valence-electron chi connectivity index (χ3n) is 4.44. The first-order valence-electron chi connectivity index (χ1n) is 7.73. The number of fused-ring (bicyclic) bond motifs is 1. The molecule has 1 aromatic carbocycles. The number of carbonyl (C=O) groups is 1. The van der Waals surface area contributed by atoms with Crippen LogP contribution in [0.5, 0.6) is 0 Å². The molecular formula is C16H20N4O3S. The van der Waals surface area contributed by atoms with Crippen LogP contribution in [0.3, 0.4) is 0 Å². The molecule has 7 nitrogen and oxygen atoms in total. The monoisotopic (exact) mass is 348 g/mol. The van der Waals surface area contributed by atoms with Gasteiger partial charge >= 0.3 is 0 Å². The number of carbonyl (C=O) groups excluding carboxylic acids is 1. The third-order valence-corrected chi connectivity index (χ3v) is 6.61. The zero-order valence-corrected chi connectivity index (χ0v) is 14.7. The zero-order valence-electron chi connectivity index (χ0n) is 13.9. The highest BCUT2D eigenvalue weighted by molar-refractivity contribution is 7.93. The second-order valence-electron chi connectivity index (χ2n) is 6.13. The normalized spacial score (nSPS) is 20.0. The summed E-state index contributed by atoms with van der Waals surface area (Å²) in [6, 6.07) is 4.68. The lowest BCUT2D eigenvalue weighted by molar-refractivity contribution is 0.100. The number of nitrogens with zero attached hydrogens (tertiary/aromatic N) is 3. The molecule has 24 heavy (non-hydrogen) atoms. The van der Waals surface area contributed by atoms with E-state index in [4.69, 9.17) is 0 Å². The summed E-state index contributed by atoms with van der Waals surface area (Å²) in [6.45, 7) is 3.14. The molecule has 3 rings (SSSR count). The molecule has 8 heteroatoms. The summed E-state index contributed by atoms with van der Waals surface area (Å²) in [7, 11) is -0.988. The molecule has 2 unspecified atom stereocenters. The van der Waals surface area contributed by atoms with E-state index in [1.165, 1.54) is 16.9 Å². The van der Waals surface area contributed by atoms with Gasteiger partial charge in [-0.05, 0) is 38.1 Å². The van der Waals surface area contributed by atoms with Crippen molar-refractivity contribution < 1.29 is 9.00 Å². The van der Waals surface area contributed by atoms with Crippen LogP contribution in [-0.4, -0.2) is 44.3 Å². The molecule has 0 spiro atoms. The molecule has 1 saturated heterocycles. The largest absolute Gasteiger partial charge is 0.315 e. The Kier molecular flexibility index (Phi) is 4.27. The lowest BCUT2D eigenvalue weighted by atomic mass is 10.1. The van der Waals surface area contributed by atoms with Crippen LogP contribution < -0.4 is 10.9 Å². The van der Waals surface area contributed by atoms with Gasteiger partial charge in [-0.1, -0.05) is 0 Å². The van der Waals surface area contributed by atoms with Gasteiger partial charge in [0, 0.05) is 25.4 Å². The molecule has 2 heterocycles. The number of hydrogen-bond donors (Lipinski definition) is 1. The predicted octanol–water partition coefficient (Wildman–Crippen LogP) is 0.842. The van der Waals surface area contributed by atoms with Gasteiger partial charge in [0.1, 0.15) is 5.82 Å². The Hall–Kier alpha value is -2.06. The minimum Gasteiger partial charge on any atom is -0.315 e. The Morgan fingerprint density at radius 2 is 2.21 bits per heavy atom. The van der Waals surface area contributed by atoms with Gasteiger partial charge in [-0.15, -0.1) is 0 Å². The lowest BCUT2D eigenvalue weighted by Crippen LogP contribution is -2.23. The van der Waals surface area contributed by atoms with Crippen LogP contribution in [0, 0.1) is 6.92 Å². The van der Waals surface area contributed by atoms with E-state index in [9.17, 15) is 13.8 Å². The first kappa shape index (κ1) is 16.8. The molecular weight excluding hydrogens is 328 g/mol. The van der Waals surface area contributed by atoms with Crippen LogP contribution in [0.1, 0.15) is 22.6 Å². The van der Waals surface area contributed by atoms with E-state index < -0.39 is 15.6 Å². The minimum atomic E-state index is -2.62. The van der Waals surface area contributed by atoms with Gasteiger partial charge in [0.05, 0.1) is 25.9 Å². The Morgan fingerprint density at radius 3 is 2.88 bits per heavy atom. The number of aryl methyl sites for hydroxylation is 1. The highest BCUT2D eigenvalue weighted by Crippen LogP contribution is 2.16. The smallest absolute Gasteiger partial charge is 0.285 e. The summed E-state index contributed by atoms with van der Waals surface area (Å²) < 4.78 is 18.1. The average Bonchev–Trinajstić information content (AvgIpc) is 3.07. The van der Waals surface area contributed by atoms with Gasteiger partial charge in [-0.2, -0.15) is 4.36 Å². The van der Waals surface area contributed by atoms with Crippen molar-refractivity contribution in [2.24, 2.45) is 11.4 Å². The second kappa shape index (κ2) is 6.10. The molecule has 2 atom stereocenters. The summed E-state index contributed by atoms with van der Waals surface area (Å²) >= 11 is 0. The maximum absolute atomic E-state index is 12.7. The number of aromatic nitrogens is 2. The summed E-state index contributed by atoms with van der Waals surface area (Å²) in [6.07, 6.45) is 2.27. The van der Waals surface area contributed by atoms with Crippen molar-refractivity contribution in [2.45, 2.75) is 18.6 Å². The van der Waals surface area contributed by atoms with Gasteiger partial charge < -0.3 is 5.32 Å². The molecule has 0 bridgehead atoms. The van der Waals surface area contributed by atoms with E-state index in [-0.39, 0.29) is 16.4 Å². The summed E-state index contributed by atoms with van der Waals surface area (Å²) in [5.41, 5.74) is 0.569. The highest BCUT2D eigenvalue weighted by atomic mass is 32.2. The fourth-order valence-electron chi connectivity index (χ4n) is 2.81. The van der Waals surface area contributed by atoms with Crippen LogP contribution in [0.25, 0.3) is 10.9 Å². The van der Waals surface area contributed by atoms with E-state index in [1.807, 2.05) is 0 Å². The van der Waals surface area contributed by atoms with E-state index in [1.54, 1.807) is 26.1 Å². The first-order chi connectivity index (χ1) is 11.3. The van der Waals surface area contributed by atoms with Crippen LogP contribution in [0.15, 0.2) is 27.4 Å². The number of nitrogens with one attached hydrogen (secondary N) is 1. The van der Waals surface area contributed by atoms with Crippen LogP contribution in [0.2, 0.25) is 0 Å². The molecule has 1 aromatic heterocycles. The molecule has 1 aliphatic rings. The maximum atomic E-state index is 12.7. The number of hydrogen-bond acceptors (Lipinski definition) is 5. The fraction of sp³-hybridized carbons (Fsp3) is 0.438. The first-order valence-corrected chi connectivity index (χ1v) is 9.71. The zero-order chi connectivity index (χ0) is 17.5. The van der Waals surface area contributed by atoms with Crippen molar-refractivity contribution in [3.05, 3.63) is 39.9 Å². The molecule has 1 aliphatic heterocycles. The van der Waals surface area contributed by atoms with E-state index >= 15 is 0 Å². The molecule has 128 valence electrons. The number of rotatable bonds is 2. The van der Waals surface area contributed by atoms with Crippen LogP contribution in [-0.2, 0) is 16.8 Å². The predicted molar refractivity (Wildman–Crippen MR) is 93.8 cm³/mol. The second-order valence-corrected chi connectivity index (χ2v) is 8.70. The van der Waals surface area contributed by atoms with E-state index in [0.29, 0.717) is 23.3 Å². The lowest BCUT2D eigenvalue weighted by Gasteiger charge is -2.10. The molecule has 1 amide bonds. The van der Waals surface area contributed by atoms with Crippen molar-refractivity contribution >= 4 is 26.5 Å². The molecule has 0 radical (unpaired) electrons. The molecule has 2 aromatic rings. The van der Waals surface area contributed by atoms with Crippen molar-refractivity contribution in [1.82, 2.24) is 14.9 Å². The maximum Gasteiger partial charge on any atom is 0.285 e. The SMILES string of the molecule is Cc1nc2ccc(C(=O)N=S(C)(=O)C3CCNC3)cc2c(=O)n1C. The summed E-state index contributed by atoms with van der Waals surface area (Å²) in [5, 5.41) is 3.36. The van der Waals surface area contributed by atoms with Gasteiger partial charge in [0.25, 0.3) is 11.5 Å². The highest BCUT2D eigenvalue weighted by Gasteiger charge is 2.24. The Bertz CT molecular complexity index is 996. The Labute approximate surface area is 140 Å². The summed E-state index contributed by atoms with van der Waals surface area (Å²) in [5.74, 6) is 0.0421. The summed E-state index contributed by atoms with van der Waals surface area (Å²) in [4.78, 5) is 29.1. The van der Waals surface area contributed by atoms with Gasteiger partial charge in [-0.25, -0.2) is 9.19 Å². The van der Waals surface area contributed by atoms with Gasteiger partial charge in [0.2, 0.25) is 0 Å². The van der Waals surface area contributed by atoms with Crippen LogP contribution >= 0.6 is 0 Å². The fourth-order valence-corrected chi connectivity index (χ4v) is 4.37.